The molecule has 4 fully saturated rings. The summed E-state index contributed by atoms with van der Waals surface area (Å²) in [7, 11) is 1.92. The maximum absolute atomic E-state index is 5.65. The van der Waals surface area contributed by atoms with Crippen LogP contribution in [0.4, 0.5) is 0 Å². The second kappa shape index (κ2) is 1.75. The summed E-state index contributed by atoms with van der Waals surface area (Å²) in [6, 6.07) is 0. The monoisotopic (exact) mass is 164 g/mol. The van der Waals surface area contributed by atoms with E-state index in [-0.39, 0.29) is 0 Å². The van der Waals surface area contributed by atoms with Crippen LogP contribution in [0, 0.1) is 35.5 Å². The minimum Gasteiger partial charge on any atom is -0.381 e. The van der Waals surface area contributed by atoms with Gasteiger partial charge in [0, 0.05) is 7.11 Å². The van der Waals surface area contributed by atoms with Crippen molar-refractivity contribution in [1.29, 1.82) is 0 Å². The molecule has 0 spiro atoms. The summed E-state index contributed by atoms with van der Waals surface area (Å²) < 4.78 is 5.65. The summed E-state index contributed by atoms with van der Waals surface area (Å²) in [6.45, 7) is 0. The summed E-state index contributed by atoms with van der Waals surface area (Å²) in [5.41, 5.74) is 0. The van der Waals surface area contributed by atoms with E-state index in [2.05, 4.69) is 0 Å². The van der Waals surface area contributed by atoms with E-state index in [1.807, 2.05) is 7.11 Å². The van der Waals surface area contributed by atoms with Crippen molar-refractivity contribution in [2.24, 2.45) is 35.5 Å². The molecule has 0 heterocycles. The van der Waals surface area contributed by atoms with Gasteiger partial charge in [0.05, 0.1) is 6.10 Å². The third-order valence-electron chi connectivity index (χ3n) is 4.89. The van der Waals surface area contributed by atoms with Gasteiger partial charge in [0.15, 0.2) is 0 Å². The molecule has 4 rings (SSSR count). The molecular weight excluding hydrogens is 148 g/mol. The highest BCUT2D eigenvalue weighted by Gasteiger charge is 2.68. The predicted molar refractivity (Wildman–Crippen MR) is 45.6 cm³/mol. The van der Waals surface area contributed by atoms with Gasteiger partial charge >= 0.3 is 0 Å². The van der Waals surface area contributed by atoms with Gasteiger partial charge in [-0.25, -0.2) is 0 Å². The predicted octanol–water partition coefficient (Wildman–Crippen LogP) is 1.92. The van der Waals surface area contributed by atoms with Crippen LogP contribution < -0.4 is 0 Å². The normalized spacial score (nSPS) is 70.2. The molecule has 0 aliphatic heterocycles. The van der Waals surface area contributed by atoms with Crippen LogP contribution in [0.1, 0.15) is 19.3 Å². The Labute approximate surface area is 73.5 Å². The lowest BCUT2D eigenvalue weighted by atomic mass is 10.1. The summed E-state index contributed by atoms with van der Waals surface area (Å²) in [5.74, 6) is 6.50. The molecule has 0 amide bonds. The molecule has 1 nitrogen and oxygen atoms in total. The van der Waals surface area contributed by atoms with E-state index < -0.39 is 0 Å². The van der Waals surface area contributed by atoms with Crippen LogP contribution in [0.2, 0.25) is 0 Å². The van der Waals surface area contributed by atoms with E-state index in [9.17, 15) is 0 Å². The highest BCUT2D eigenvalue weighted by molar-refractivity contribution is 5.17. The van der Waals surface area contributed by atoms with Gasteiger partial charge in [-0.3, -0.25) is 0 Å². The van der Waals surface area contributed by atoms with Crippen molar-refractivity contribution in [1.82, 2.24) is 0 Å². The zero-order valence-corrected chi connectivity index (χ0v) is 7.57. The second-order valence-corrected chi connectivity index (χ2v) is 5.39. The molecule has 0 radical (unpaired) electrons. The van der Waals surface area contributed by atoms with Crippen molar-refractivity contribution >= 4 is 0 Å². The van der Waals surface area contributed by atoms with E-state index in [4.69, 9.17) is 4.74 Å². The Morgan fingerprint density at radius 3 is 1.67 bits per heavy atom. The lowest BCUT2D eigenvalue weighted by Gasteiger charge is -2.13. The maximum atomic E-state index is 5.65. The topological polar surface area (TPSA) is 9.23 Å². The van der Waals surface area contributed by atoms with Crippen molar-refractivity contribution < 1.29 is 4.74 Å². The Balaban J connectivity index is 1.67. The van der Waals surface area contributed by atoms with E-state index in [1.165, 1.54) is 12.8 Å². The summed E-state index contributed by atoms with van der Waals surface area (Å²) in [6.07, 6.45) is 5.26. The van der Waals surface area contributed by atoms with Crippen molar-refractivity contribution in [3.05, 3.63) is 0 Å². The Bertz CT molecular complexity index is 215. The molecule has 1 unspecified atom stereocenters. The zero-order chi connectivity index (χ0) is 7.87. The average molecular weight is 164 g/mol. The lowest BCUT2D eigenvalue weighted by molar-refractivity contribution is 0.0592. The molecule has 7 atom stereocenters. The fourth-order valence-corrected chi connectivity index (χ4v) is 4.10. The molecule has 66 valence electrons. The smallest absolute Gasteiger partial charge is 0.0633 e. The summed E-state index contributed by atoms with van der Waals surface area (Å²) >= 11 is 0. The molecule has 4 saturated carbocycles. The SMILES string of the molecule is COC1[C@@H]2C[C@@H]2[C@@H]2C[C@@H]2[C@H]2C[C@@H]12. The zero-order valence-electron chi connectivity index (χ0n) is 7.57. The van der Waals surface area contributed by atoms with E-state index >= 15 is 0 Å². The van der Waals surface area contributed by atoms with Gasteiger partial charge in [-0.05, 0) is 54.8 Å². The van der Waals surface area contributed by atoms with Crippen LogP contribution in [-0.4, -0.2) is 13.2 Å². The van der Waals surface area contributed by atoms with Gasteiger partial charge in [0.2, 0.25) is 0 Å². The number of hydrogen-bond donors (Lipinski definition) is 0. The number of rotatable bonds is 1. The van der Waals surface area contributed by atoms with Gasteiger partial charge in [-0.15, -0.1) is 0 Å². The molecule has 4 aliphatic rings. The van der Waals surface area contributed by atoms with Gasteiger partial charge in [-0.1, -0.05) is 0 Å². The van der Waals surface area contributed by atoms with Crippen molar-refractivity contribution in [3.63, 3.8) is 0 Å². The third-order valence-corrected chi connectivity index (χ3v) is 4.89. The highest BCUT2D eigenvalue weighted by Crippen LogP contribution is 2.72. The molecule has 4 aliphatic carbocycles. The first kappa shape index (κ1) is 6.42. The average Bonchev–Trinajstić information content (AvgIpc) is 2.87. The van der Waals surface area contributed by atoms with Gasteiger partial charge in [-0.2, -0.15) is 0 Å². The number of fused-ring (bicyclic) bond motifs is 5. The minimum absolute atomic E-state index is 0.674. The molecular formula is C11H16O. The first-order chi connectivity index (χ1) is 5.90. The van der Waals surface area contributed by atoms with E-state index in [0.717, 1.165) is 35.5 Å². The van der Waals surface area contributed by atoms with Crippen LogP contribution in [0.3, 0.4) is 0 Å². The Kier molecular flexibility index (Phi) is 0.934. The molecule has 0 saturated heterocycles. The molecule has 0 bridgehead atoms. The Morgan fingerprint density at radius 1 is 0.750 bits per heavy atom. The van der Waals surface area contributed by atoms with E-state index in [1.54, 1.807) is 6.42 Å². The fourth-order valence-electron chi connectivity index (χ4n) is 4.10. The first-order valence-electron chi connectivity index (χ1n) is 5.43. The number of hydrogen-bond acceptors (Lipinski definition) is 1. The summed E-state index contributed by atoms with van der Waals surface area (Å²) in [4.78, 5) is 0. The summed E-state index contributed by atoms with van der Waals surface area (Å²) in [5, 5.41) is 0. The van der Waals surface area contributed by atoms with Gasteiger partial charge in [0.25, 0.3) is 0 Å². The first-order valence-corrected chi connectivity index (χ1v) is 5.43. The fraction of sp³-hybridized carbons (Fsp3) is 1.00. The standard InChI is InChI=1S/C11H16O/c1-12-11-9-3-7(9)5-2-6(5)8-4-10(8)11/h5-11H,2-4H2,1H3/t5-,6+,7-,8-,9-,10-,11?/m1/s1. The largest absolute Gasteiger partial charge is 0.381 e. The van der Waals surface area contributed by atoms with Crippen molar-refractivity contribution in [3.8, 4) is 0 Å². The number of methoxy groups -OCH3 is 1. The second-order valence-electron chi connectivity index (χ2n) is 5.39. The van der Waals surface area contributed by atoms with E-state index in [0.29, 0.717) is 6.10 Å². The molecule has 0 aromatic heterocycles. The quantitative estimate of drug-likeness (QED) is 0.575. The molecule has 0 aromatic rings. The Hall–Kier alpha value is -0.0400. The van der Waals surface area contributed by atoms with Crippen molar-refractivity contribution in [2.45, 2.75) is 25.4 Å². The van der Waals surface area contributed by atoms with Crippen LogP contribution in [0.15, 0.2) is 0 Å². The highest BCUT2D eigenvalue weighted by atomic mass is 16.5. The van der Waals surface area contributed by atoms with Crippen LogP contribution in [-0.2, 0) is 4.74 Å². The number of ether oxygens (including phenoxy) is 1. The minimum atomic E-state index is 0.674. The molecule has 0 aromatic carbocycles. The lowest BCUT2D eigenvalue weighted by Crippen LogP contribution is -2.17. The molecule has 12 heavy (non-hydrogen) atoms. The molecule has 1 heteroatoms. The molecule has 0 N–H and O–H groups in total. The third kappa shape index (κ3) is 0.618. The van der Waals surface area contributed by atoms with Crippen molar-refractivity contribution in [2.75, 3.05) is 7.11 Å². The van der Waals surface area contributed by atoms with Crippen LogP contribution in [0.5, 0.6) is 0 Å². The van der Waals surface area contributed by atoms with Crippen LogP contribution >= 0.6 is 0 Å². The maximum Gasteiger partial charge on any atom is 0.0633 e. The Morgan fingerprint density at radius 2 is 1.17 bits per heavy atom. The van der Waals surface area contributed by atoms with Gasteiger partial charge in [0.1, 0.15) is 0 Å². The van der Waals surface area contributed by atoms with Gasteiger partial charge < -0.3 is 4.74 Å². The van der Waals surface area contributed by atoms with Crippen LogP contribution in [0.25, 0.3) is 0 Å².